The quantitative estimate of drug-likeness (QED) is 0.329. The Hall–Kier alpha value is -3.41. The average Bonchev–Trinajstić information content (AvgIpc) is 2.70. The Bertz CT molecular complexity index is 778. The van der Waals surface area contributed by atoms with E-state index in [9.17, 15) is 14.4 Å². The van der Waals surface area contributed by atoms with Gasteiger partial charge in [0.2, 0.25) is 0 Å². The number of carbonyl (C=O) groups excluding carboxylic acids is 3. The third kappa shape index (κ3) is 5.90. The van der Waals surface area contributed by atoms with Gasteiger partial charge < -0.3 is 14.2 Å². The third-order valence-electron chi connectivity index (χ3n) is 3.31. The van der Waals surface area contributed by atoms with E-state index < -0.39 is 17.9 Å². The van der Waals surface area contributed by atoms with Crippen LogP contribution in [-0.2, 0) is 19.0 Å². The zero-order chi connectivity index (χ0) is 18.8. The second-order valence-electron chi connectivity index (χ2n) is 5.12. The monoisotopic (exact) mass is 354 g/mol. The zero-order valence-corrected chi connectivity index (χ0v) is 14.2. The van der Waals surface area contributed by atoms with Gasteiger partial charge in [-0.15, -0.1) is 0 Å². The molecule has 0 heterocycles. The van der Waals surface area contributed by atoms with Crippen molar-refractivity contribution in [3.63, 3.8) is 0 Å². The first-order valence-electron chi connectivity index (χ1n) is 7.85. The van der Waals surface area contributed by atoms with Crippen LogP contribution in [0.5, 0.6) is 0 Å². The summed E-state index contributed by atoms with van der Waals surface area (Å²) in [6.07, 6.45) is 2.81. The molecule has 0 atom stereocenters. The molecule has 0 N–H and O–H groups in total. The van der Waals surface area contributed by atoms with Crippen molar-refractivity contribution in [1.29, 1.82) is 0 Å². The summed E-state index contributed by atoms with van der Waals surface area (Å²) in [5.74, 6) is -1.45. The second kappa shape index (κ2) is 9.78. The summed E-state index contributed by atoms with van der Waals surface area (Å²) in [5, 5.41) is 0. The third-order valence-corrected chi connectivity index (χ3v) is 3.31. The van der Waals surface area contributed by atoms with Crippen molar-refractivity contribution < 1.29 is 28.6 Å². The summed E-state index contributed by atoms with van der Waals surface area (Å²) in [5.41, 5.74) is 1.59. The van der Waals surface area contributed by atoms with E-state index in [2.05, 4.69) is 4.74 Å². The molecule has 0 saturated heterocycles. The van der Waals surface area contributed by atoms with Crippen molar-refractivity contribution in [2.24, 2.45) is 0 Å². The van der Waals surface area contributed by atoms with Crippen molar-refractivity contribution in [1.82, 2.24) is 0 Å². The van der Waals surface area contributed by atoms with Gasteiger partial charge in [0, 0.05) is 6.08 Å². The Labute approximate surface area is 151 Å². The molecule has 26 heavy (non-hydrogen) atoms. The maximum absolute atomic E-state index is 11.7. The maximum atomic E-state index is 11.7. The Morgan fingerprint density at radius 3 is 2.08 bits per heavy atom. The summed E-state index contributed by atoms with van der Waals surface area (Å²) in [6, 6.07) is 15.1. The van der Waals surface area contributed by atoms with Gasteiger partial charge in [-0.2, -0.15) is 0 Å². The smallest absolute Gasteiger partial charge is 0.338 e. The van der Waals surface area contributed by atoms with Gasteiger partial charge in [-0.05, 0) is 35.9 Å². The molecule has 0 spiro atoms. The number of esters is 3. The molecule has 0 amide bonds. The van der Waals surface area contributed by atoms with Crippen molar-refractivity contribution in [2.45, 2.75) is 0 Å². The van der Waals surface area contributed by atoms with Gasteiger partial charge in [0.05, 0.1) is 18.2 Å². The highest BCUT2D eigenvalue weighted by molar-refractivity contribution is 5.90. The van der Waals surface area contributed by atoms with Crippen molar-refractivity contribution >= 4 is 24.0 Å². The van der Waals surface area contributed by atoms with Crippen LogP contribution in [0, 0.1) is 0 Å². The van der Waals surface area contributed by atoms with Crippen LogP contribution in [0.3, 0.4) is 0 Å². The van der Waals surface area contributed by atoms with Gasteiger partial charge in [-0.1, -0.05) is 30.3 Å². The van der Waals surface area contributed by atoms with Crippen LogP contribution in [0.1, 0.15) is 26.3 Å². The molecular formula is C20H18O6. The highest BCUT2D eigenvalue weighted by Crippen LogP contribution is 2.07. The molecular weight excluding hydrogens is 336 g/mol. The fourth-order valence-corrected chi connectivity index (χ4v) is 1.99. The molecule has 0 aromatic heterocycles. The first-order valence-corrected chi connectivity index (χ1v) is 7.85. The fourth-order valence-electron chi connectivity index (χ4n) is 1.99. The lowest BCUT2D eigenvalue weighted by atomic mass is 10.1. The number of rotatable bonds is 7. The van der Waals surface area contributed by atoms with Crippen LogP contribution in [0.4, 0.5) is 0 Å². The Kier molecular flexibility index (Phi) is 7.12. The molecule has 0 radical (unpaired) electrons. The lowest BCUT2D eigenvalue weighted by molar-refractivity contribution is -0.138. The molecule has 0 unspecified atom stereocenters. The summed E-state index contributed by atoms with van der Waals surface area (Å²) >= 11 is 0. The van der Waals surface area contributed by atoms with Crippen LogP contribution < -0.4 is 0 Å². The number of ether oxygens (including phenoxy) is 3. The minimum Gasteiger partial charge on any atom is -0.465 e. The number of benzene rings is 2. The summed E-state index contributed by atoms with van der Waals surface area (Å²) < 4.78 is 14.6. The SMILES string of the molecule is COC(=O)c1ccc(/C=C/C(=O)OCCOC(=O)c2ccccc2)cc1. The zero-order valence-electron chi connectivity index (χ0n) is 14.2. The number of hydrogen-bond acceptors (Lipinski definition) is 6. The molecule has 2 rings (SSSR count). The second-order valence-corrected chi connectivity index (χ2v) is 5.12. The Balaban J connectivity index is 1.72. The van der Waals surface area contributed by atoms with Crippen LogP contribution >= 0.6 is 0 Å². The molecule has 6 heteroatoms. The predicted octanol–water partition coefficient (Wildman–Crippen LogP) is 2.89. The van der Waals surface area contributed by atoms with Gasteiger partial charge in [-0.3, -0.25) is 0 Å². The molecule has 134 valence electrons. The first kappa shape index (κ1) is 18.9. The van der Waals surface area contributed by atoms with E-state index >= 15 is 0 Å². The molecule has 0 aliphatic carbocycles. The molecule has 0 fully saturated rings. The fraction of sp³-hybridized carbons (Fsp3) is 0.150. The van der Waals surface area contributed by atoms with E-state index in [0.29, 0.717) is 11.1 Å². The highest BCUT2D eigenvalue weighted by Gasteiger charge is 2.06. The van der Waals surface area contributed by atoms with E-state index in [0.717, 1.165) is 5.56 Å². The van der Waals surface area contributed by atoms with Gasteiger partial charge in [0.15, 0.2) is 0 Å². The van der Waals surface area contributed by atoms with E-state index in [1.807, 2.05) is 0 Å². The van der Waals surface area contributed by atoms with E-state index in [4.69, 9.17) is 9.47 Å². The molecule has 6 nitrogen and oxygen atoms in total. The first-order chi connectivity index (χ1) is 12.6. The van der Waals surface area contributed by atoms with Gasteiger partial charge in [-0.25, -0.2) is 14.4 Å². The van der Waals surface area contributed by atoms with Crippen molar-refractivity contribution in [3.8, 4) is 0 Å². The molecule has 2 aromatic rings. The summed E-state index contributed by atoms with van der Waals surface area (Å²) in [6.45, 7) is -0.0653. The maximum Gasteiger partial charge on any atom is 0.338 e. The molecule has 0 aliphatic heterocycles. The Morgan fingerprint density at radius 1 is 0.808 bits per heavy atom. The van der Waals surface area contributed by atoms with Crippen LogP contribution in [0.2, 0.25) is 0 Å². The molecule has 0 aliphatic rings. The normalized spacial score (nSPS) is 10.3. The van der Waals surface area contributed by atoms with Gasteiger partial charge in [0.1, 0.15) is 13.2 Å². The minimum absolute atomic E-state index is 0.0267. The highest BCUT2D eigenvalue weighted by atomic mass is 16.6. The van der Waals surface area contributed by atoms with E-state index in [1.54, 1.807) is 60.7 Å². The largest absolute Gasteiger partial charge is 0.465 e. The van der Waals surface area contributed by atoms with Gasteiger partial charge >= 0.3 is 17.9 Å². The average molecular weight is 354 g/mol. The van der Waals surface area contributed by atoms with Crippen LogP contribution in [0.25, 0.3) is 6.08 Å². The number of hydrogen-bond donors (Lipinski definition) is 0. The molecule has 0 saturated carbocycles. The van der Waals surface area contributed by atoms with E-state index in [1.165, 1.54) is 13.2 Å². The van der Waals surface area contributed by atoms with E-state index in [-0.39, 0.29) is 13.2 Å². The van der Waals surface area contributed by atoms with Gasteiger partial charge in [0.25, 0.3) is 0 Å². The standard InChI is InChI=1S/C20H18O6/c1-24-19(22)17-10-7-15(8-11-17)9-12-18(21)25-13-14-26-20(23)16-5-3-2-4-6-16/h2-12H,13-14H2,1H3/b12-9+. The predicted molar refractivity (Wildman–Crippen MR) is 94.5 cm³/mol. The molecule has 0 bridgehead atoms. The topological polar surface area (TPSA) is 78.9 Å². The number of methoxy groups -OCH3 is 1. The van der Waals surface area contributed by atoms with Crippen molar-refractivity contribution in [2.75, 3.05) is 20.3 Å². The van der Waals surface area contributed by atoms with Crippen LogP contribution in [-0.4, -0.2) is 38.2 Å². The lowest BCUT2D eigenvalue weighted by Crippen LogP contribution is -2.12. The minimum atomic E-state index is -0.558. The van der Waals surface area contributed by atoms with Crippen LogP contribution in [0.15, 0.2) is 60.7 Å². The molecule has 2 aromatic carbocycles. The summed E-state index contributed by atoms with van der Waals surface area (Å²) in [4.78, 5) is 34.6. The summed E-state index contributed by atoms with van der Waals surface area (Å²) in [7, 11) is 1.31. The number of carbonyl (C=O) groups is 3. The lowest BCUT2D eigenvalue weighted by Gasteiger charge is -2.05. The Morgan fingerprint density at radius 2 is 1.42 bits per heavy atom. The van der Waals surface area contributed by atoms with Crippen molar-refractivity contribution in [3.05, 3.63) is 77.4 Å².